The molecule has 4 heterocycles. The lowest BCUT2D eigenvalue weighted by atomic mass is 9.96. The van der Waals surface area contributed by atoms with Crippen molar-refractivity contribution in [3.05, 3.63) is 39.2 Å². The number of hydrogen-bond acceptors (Lipinski definition) is 8. The molecule has 1 aromatic carbocycles. The Morgan fingerprint density at radius 2 is 1.87 bits per heavy atom. The van der Waals surface area contributed by atoms with E-state index in [1.54, 1.807) is 6.07 Å². The predicted octanol–water partition coefficient (Wildman–Crippen LogP) is 5.13. The minimum atomic E-state index is -3.61. The van der Waals surface area contributed by atoms with Gasteiger partial charge < -0.3 is 4.74 Å². The van der Waals surface area contributed by atoms with E-state index >= 15 is 0 Å². The van der Waals surface area contributed by atoms with Crippen LogP contribution in [0.15, 0.2) is 28.5 Å². The fourth-order valence-corrected chi connectivity index (χ4v) is 9.52. The van der Waals surface area contributed by atoms with Gasteiger partial charge in [0.15, 0.2) is 5.13 Å². The number of ether oxygens (including phenoxy) is 1. The number of anilines is 1. The van der Waals surface area contributed by atoms with Gasteiger partial charge in [-0.3, -0.25) is 14.6 Å². The highest BCUT2D eigenvalue weighted by molar-refractivity contribution is 7.91. The molecule has 0 aliphatic carbocycles. The number of amides is 1. The highest BCUT2D eigenvalue weighted by Gasteiger charge is 2.35. The number of thiophene rings is 1. The van der Waals surface area contributed by atoms with Crippen molar-refractivity contribution in [3.8, 4) is 0 Å². The van der Waals surface area contributed by atoms with Gasteiger partial charge in [-0.15, -0.1) is 11.3 Å². The maximum absolute atomic E-state index is 13.9. The van der Waals surface area contributed by atoms with Crippen LogP contribution in [0.25, 0.3) is 10.2 Å². The number of rotatable bonds is 8. The molecule has 38 heavy (non-hydrogen) atoms. The molecule has 0 N–H and O–H groups in total. The second-order valence-corrected chi connectivity index (χ2v) is 14.9. The van der Waals surface area contributed by atoms with E-state index in [9.17, 15) is 13.2 Å². The number of nitrogens with zero attached hydrogens (tertiary/aromatic N) is 4. The summed E-state index contributed by atoms with van der Waals surface area (Å²) in [5, 5.41) is 1.32. The SMILES string of the molecule is Cc1cc(Cl)cc2sc(N(CCCN3CCOCC3)C(=O)C3CCN(S(=O)(=O)c4ccc(Cl)s4)CC3)nc12. The number of hydrogen-bond donors (Lipinski definition) is 0. The number of morpholine rings is 1. The van der Waals surface area contributed by atoms with E-state index in [1.165, 1.54) is 21.7 Å². The van der Waals surface area contributed by atoms with E-state index in [0.29, 0.717) is 47.0 Å². The number of benzene rings is 1. The molecule has 2 fully saturated rings. The summed E-state index contributed by atoms with van der Waals surface area (Å²) in [5.74, 6) is -0.264. The summed E-state index contributed by atoms with van der Waals surface area (Å²) in [4.78, 5) is 22.9. The molecule has 2 aliphatic heterocycles. The number of thiazole rings is 1. The predicted molar refractivity (Wildman–Crippen MR) is 154 cm³/mol. The standard InChI is InChI=1S/C25H30Cl2N4O4S3/c1-17-15-19(26)16-20-23(17)28-25(36-20)31(8-2-7-29-11-13-35-14-12-29)24(32)18-5-9-30(10-6-18)38(33,34)22-4-3-21(27)37-22/h3-4,15-16,18H,2,5-14H2,1H3. The van der Waals surface area contributed by atoms with Gasteiger partial charge >= 0.3 is 0 Å². The molecule has 0 atom stereocenters. The monoisotopic (exact) mass is 616 g/mol. The average molecular weight is 618 g/mol. The molecule has 0 saturated carbocycles. The summed E-state index contributed by atoms with van der Waals surface area (Å²) in [5.41, 5.74) is 1.83. The fraction of sp³-hybridized carbons (Fsp3) is 0.520. The third-order valence-electron chi connectivity index (χ3n) is 7.04. The van der Waals surface area contributed by atoms with Gasteiger partial charge in [-0.25, -0.2) is 13.4 Å². The lowest BCUT2D eigenvalue weighted by molar-refractivity contribution is -0.123. The number of aryl methyl sites for hydroxylation is 1. The van der Waals surface area contributed by atoms with Crippen molar-refractivity contribution in [2.45, 2.75) is 30.4 Å². The Kier molecular flexibility index (Phi) is 8.95. The molecule has 0 unspecified atom stereocenters. The van der Waals surface area contributed by atoms with Crippen LogP contribution in [0.5, 0.6) is 0 Å². The van der Waals surface area contributed by atoms with Gasteiger partial charge in [-0.2, -0.15) is 4.31 Å². The fourth-order valence-electron chi connectivity index (χ4n) is 4.96. The first-order valence-corrected chi connectivity index (χ1v) is 16.5. The number of piperidine rings is 1. The molecule has 0 radical (unpaired) electrons. The van der Waals surface area contributed by atoms with Crippen molar-refractivity contribution in [3.63, 3.8) is 0 Å². The number of halogens is 2. The van der Waals surface area contributed by atoms with Crippen LogP contribution in [0.3, 0.4) is 0 Å². The van der Waals surface area contributed by atoms with Crippen molar-refractivity contribution >= 4 is 77.2 Å². The van der Waals surface area contributed by atoms with Crippen molar-refractivity contribution < 1.29 is 17.9 Å². The molecule has 5 rings (SSSR count). The summed E-state index contributed by atoms with van der Waals surface area (Å²) in [6.45, 7) is 7.26. The molecule has 2 aromatic heterocycles. The molecular formula is C25H30Cl2N4O4S3. The number of carbonyl (C=O) groups excluding carboxylic acids is 1. The first kappa shape index (κ1) is 28.2. The van der Waals surface area contributed by atoms with Gasteiger partial charge in [0.05, 0.1) is 27.8 Å². The van der Waals surface area contributed by atoms with Crippen LogP contribution in [0, 0.1) is 12.8 Å². The van der Waals surface area contributed by atoms with Gasteiger partial charge in [0.1, 0.15) is 4.21 Å². The minimum Gasteiger partial charge on any atom is -0.379 e. The Morgan fingerprint density at radius 3 is 2.55 bits per heavy atom. The van der Waals surface area contributed by atoms with Crippen LogP contribution in [0.2, 0.25) is 9.36 Å². The van der Waals surface area contributed by atoms with Gasteiger partial charge in [-0.1, -0.05) is 34.5 Å². The number of fused-ring (bicyclic) bond motifs is 1. The van der Waals surface area contributed by atoms with Crippen LogP contribution in [-0.2, 0) is 19.6 Å². The molecule has 8 nitrogen and oxygen atoms in total. The minimum absolute atomic E-state index is 0.00556. The lowest BCUT2D eigenvalue weighted by Crippen LogP contribution is -2.45. The van der Waals surface area contributed by atoms with E-state index in [1.807, 2.05) is 24.0 Å². The van der Waals surface area contributed by atoms with Crippen molar-refractivity contribution in [1.29, 1.82) is 0 Å². The smallest absolute Gasteiger partial charge is 0.252 e. The average Bonchev–Trinajstić information content (AvgIpc) is 3.54. The van der Waals surface area contributed by atoms with E-state index in [2.05, 4.69) is 4.90 Å². The number of sulfonamides is 1. The largest absolute Gasteiger partial charge is 0.379 e. The van der Waals surface area contributed by atoms with E-state index in [-0.39, 0.29) is 16.0 Å². The Bertz CT molecular complexity index is 1400. The van der Waals surface area contributed by atoms with Gasteiger partial charge in [0.25, 0.3) is 10.0 Å². The van der Waals surface area contributed by atoms with Crippen molar-refractivity contribution in [2.24, 2.45) is 5.92 Å². The van der Waals surface area contributed by atoms with Gasteiger partial charge in [0, 0.05) is 50.2 Å². The van der Waals surface area contributed by atoms with Gasteiger partial charge in [0.2, 0.25) is 5.91 Å². The first-order chi connectivity index (χ1) is 18.2. The first-order valence-electron chi connectivity index (χ1n) is 12.7. The molecule has 2 saturated heterocycles. The maximum atomic E-state index is 13.9. The van der Waals surface area contributed by atoms with Crippen molar-refractivity contribution in [2.75, 3.05) is 57.4 Å². The summed E-state index contributed by atoms with van der Waals surface area (Å²) in [6.07, 6.45) is 1.74. The van der Waals surface area contributed by atoms with E-state index in [4.69, 9.17) is 32.9 Å². The van der Waals surface area contributed by atoms with Crippen LogP contribution in [0.1, 0.15) is 24.8 Å². The lowest BCUT2D eigenvalue weighted by Gasteiger charge is -2.33. The zero-order valence-electron chi connectivity index (χ0n) is 21.1. The van der Waals surface area contributed by atoms with E-state index < -0.39 is 10.0 Å². The maximum Gasteiger partial charge on any atom is 0.252 e. The molecule has 1 amide bonds. The number of carbonyl (C=O) groups is 1. The summed E-state index contributed by atoms with van der Waals surface area (Å²) >= 11 is 14.8. The topological polar surface area (TPSA) is 83.0 Å². The Labute approximate surface area is 241 Å². The highest BCUT2D eigenvalue weighted by Crippen LogP contribution is 2.35. The Balaban J connectivity index is 1.31. The van der Waals surface area contributed by atoms with Crippen LogP contribution >= 0.6 is 45.9 Å². The summed E-state index contributed by atoms with van der Waals surface area (Å²) in [7, 11) is -3.61. The van der Waals surface area contributed by atoms with Crippen LogP contribution in [-0.4, -0.2) is 81.0 Å². The second kappa shape index (κ2) is 12.1. The molecule has 206 valence electrons. The van der Waals surface area contributed by atoms with E-state index in [0.717, 1.165) is 66.4 Å². The molecule has 3 aromatic rings. The Hall–Kier alpha value is -1.31. The van der Waals surface area contributed by atoms with Gasteiger partial charge in [-0.05, 0) is 56.0 Å². The zero-order valence-corrected chi connectivity index (χ0v) is 25.0. The third-order valence-corrected chi connectivity index (χ3v) is 11.9. The van der Waals surface area contributed by atoms with Crippen molar-refractivity contribution in [1.82, 2.24) is 14.2 Å². The molecular weight excluding hydrogens is 587 g/mol. The Morgan fingerprint density at radius 1 is 1.13 bits per heavy atom. The quantitative estimate of drug-likeness (QED) is 0.349. The van der Waals surface area contributed by atoms with Crippen LogP contribution in [0.4, 0.5) is 5.13 Å². The number of aromatic nitrogens is 1. The molecule has 13 heteroatoms. The highest BCUT2D eigenvalue weighted by atomic mass is 35.5. The van der Waals surface area contributed by atoms with Crippen LogP contribution < -0.4 is 4.90 Å². The molecule has 0 spiro atoms. The second-order valence-electron chi connectivity index (χ2n) is 9.60. The molecule has 0 bridgehead atoms. The summed E-state index contributed by atoms with van der Waals surface area (Å²) < 4.78 is 34.6. The molecule has 2 aliphatic rings. The zero-order chi connectivity index (χ0) is 26.9. The normalized spacial score (nSPS) is 18.3. The third kappa shape index (κ3) is 6.20. The summed E-state index contributed by atoms with van der Waals surface area (Å²) in [6, 6.07) is 6.91.